The van der Waals surface area contributed by atoms with Gasteiger partial charge < -0.3 is 14.7 Å². The first-order valence-corrected chi connectivity index (χ1v) is 7.74. The summed E-state index contributed by atoms with van der Waals surface area (Å²) in [4.78, 5) is 17.5. The topological polar surface area (TPSA) is 62.7 Å². The maximum absolute atomic E-state index is 11.3. The summed E-state index contributed by atoms with van der Waals surface area (Å²) in [5, 5.41) is 10.4. The van der Waals surface area contributed by atoms with Gasteiger partial charge in [-0.05, 0) is 25.0 Å². The van der Waals surface area contributed by atoms with Crippen LogP contribution in [0.25, 0.3) is 10.9 Å². The van der Waals surface area contributed by atoms with Crippen molar-refractivity contribution in [2.75, 3.05) is 0 Å². The van der Waals surface area contributed by atoms with Crippen LogP contribution in [0.5, 0.6) is 5.88 Å². The molecule has 1 N–H and O–H groups in total. The summed E-state index contributed by atoms with van der Waals surface area (Å²) < 4.78 is 6.04. The zero-order chi connectivity index (χ0) is 15.1. The highest BCUT2D eigenvalue weighted by Crippen LogP contribution is 2.37. The zero-order valence-electron chi connectivity index (χ0n) is 12.2. The molecule has 0 radical (unpaired) electrons. The van der Waals surface area contributed by atoms with E-state index in [0.29, 0.717) is 5.88 Å². The van der Waals surface area contributed by atoms with Gasteiger partial charge in [-0.25, -0.2) is 9.78 Å². The molecule has 2 fully saturated rings. The fourth-order valence-corrected chi connectivity index (χ4v) is 3.82. The number of pyridine rings is 1. The van der Waals surface area contributed by atoms with Crippen molar-refractivity contribution in [1.29, 1.82) is 0 Å². The number of hydrogen-bond donors (Lipinski definition) is 1. The largest absolute Gasteiger partial charge is 0.474 e. The van der Waals surface area contributed by atoms with Crippen LogP contribution in [-0.4, -0.2) is 39.3 Å². The molecule has 2 aromatic rings. The Morgan fingerprint density at radius 2 is 1.86 bits per heavy atom. The summed E-state index contributed by atoms with van der Waals surface area (Å²) >= 11 is 0. The van der Waals surface area contributed by atoms with Crippen molar-refractivity contribution in [1.82, 2.24) is 9.88 Å². The van der Waals surface area contributed by atoms with Crippen LogP contribution in [-0.2, 0) is 0 Å². The summed E-state index contributed by atoms with van der Waals surface area (Å²) in [7, 11) is 0. The van der Waals surface area contributed by atoms with Crippen molar-refractivity contribution in [3.63, 3.8) is 0 Å². The molecule has 5 nitrogen and oxygen atoms in total. The van der Waals surface area contributed by atoms with E-state index in [4.69, 9.17) is 4.74 Å². The molecule has 3 atom stereocenters. The number of rotatable bonds is 2. The van der Waals surface area contributed by atoms with E-state index in [1.807, 2.05) is 36.4 Å². The molecule has 2 aliphatic rings. The lowest BCUT2D eigenvalue weighted by molar-refractivity contribution is 0.0478. The van der Waals surface area contributed by atoms with E-state index in [2.05, 4.69) is 4.98 Å². The molecule has 0 unspecified atom stereocenters. The Morgan fingerprint density at radius 3 is 2.59 bits per heavy atom. The van der Waals surface area contributed by atoms with Crippen LogP contribution in [0.3, 0.4) is 0 Å². The van der Waals surface area contributed by atoms with Crippen molar-refractivity contribution in [3.8, 4) is 5.88 Å². The molecule has 2 saturated heterocycles. The van der Waals surface area contributed by atoms with Crippen LogP contribution < -0.4 is 4.74 Å². The first-order valence-electron chi connectivity index (χ1n) is 7.74. The van der Waals surface area contributed by atoms with E-state index in [1.165, 1.54) is 0 Å². The van der Waals surface area contributed by atoms with E-state index in [9.17, 15) is 9.90 Å². The van der Waals surface area contributed by atoms with Gasteiger partial charge in [-0.3, -0.25) is 0 Å². The minimum atomic E-state index is -0.796. The van der Waals surface area contributed by atoms with E-state index >= 15 is 0 Å². The summed E-state index contributed by atoms with van der Waals surface area (Å²) in [6.45, 7) is 0. The van der Waals surface area contributed by atoms with Crippen molar-refractivity contribution in [3.05, 3.63) is 36.4 Å². The number of carbonyl (C=O) groups is 1. The van der Waals surface area contributed by atoms with Crippen molar-refractivity contribution in [2.24, 2.45) is 0 Å². The van der Waals surface area contributed by atoms with Crippen LogP contribution in [0.4, 0.5) is 4.79 Å². The van der Waals surface area contributed by atoms with Gasteiger partial charge in [-0.1, -0.05) is 18.2 Å². The average Bonchev–Trinajstić information content (AvgIpc) is 2.79. The van der Waals surface area contributed by atoms with Crippen molar-refractivity contribution in [2.45, 2.75) is 43.9 Å². The SMILES string of the molecule is O=C(O)N1[C@@H]2CC[C@H]1C[C@@H](Oc1ccc3ccccc3n1)C2. The predicted octanol–water partition coefficient (Wildman–Crippen LogP) is 3.29. The third kappa shape index (κ3) is 2.26. The lowest BCUT2D eigenvalue weighted by atomic mass is 10.0. The highest BCUT2D eigenvalue weighted by molar-refractivity contribution is 5.78. The molecule has 2 aliphatic heterocycles. The molecule has 3 heterocycles. The minimum Gasteiger partial charge on any atom is -0.474 e. The fourth-order valence-electron chi connectivity index (χ4n) is 3.82. The van der Waals surface area contributed by atoms with E-state index < -0.39 is 6.09 Å². The van der Waals surface area contributed by atoms with Gasteiger partial charge in [0, 0.05) is 36.4 Å². The Kier molecular flexibility index (Phi) is 3.13. The van der Waals surface area contributed by atoms with E-state index in [0.717, 1.165) is 36.6 Å². The Bertz CT molecular complexity index is 704. The lowest BCUT2D eigenvalue weighted by Crippen LogP contribution is -2.48. The number of nitrogens with zero attached hydrogens (tertiary/aromatic N) is 2. The smallest absolute Gasteiger partial charge is 0.407 e. The van der Waals surface area contributed by atoms with Gasteiger partial charge in [-0.2, -0.15) is 0 Å². The van der Waals surface area contributed by atoms with Gasteiger partial charge in [-0.15, -0.1) is 0 Å². The molecule has 0 spiro atoms. The quantitative estimate of drug-likeness (QED) is 0.924. The Hall–Kier alpha value is -2.30. The lowest BCUT2D eigenvalue weighted by Gasteiger charge is -2.36. The molecular formula is C17H18N2O3. The van der Waals surface area contributed by atoms with Crippen LogP contribution in [0.2, 0.25) is 0 Å². The van der Waals surface area contributed by atoms with Crippen LogP contribution >= 0.6 is 0 Å². The van der Waals surface area contributed by atoms with Crippen molar-refractivity contribution < 1.29 is 14.6 Å². The molecule has 0 saturated carbocycles. The second-order valence-corrected chi connectivity index (χ2v) is 6.13. The van der Waals surface area contributed by atoms with Gasteiger partial charge >= 0.3 is 6.09 Å². The predicted molar refractivity (Wildman–Crippen MR) is 82.1 cm³/mol. The maximum atomic E-state index is 11.3. The number of piperidine rings is 1. The van der Waals surface area contributed by atoms with Gasteiger partial charge in [0.25, 0.3) is 0 Å². The van der Waals surface area contributed by atoms with Crippen LogP contribution in [0.15, 0.2) is 36.4 Å². The van der Waals surface area contributed by atoms with Crippen molar-refractivity contribution >= 4 is 17.0 Å². The minimum absolute atomic E-state index is 0.0572. The number of para-hydroxylation sites is 1. The normalized spacial score (nSPS) is 27.1. The molecule has 1 aromatic heterocycles. The summed E-state index contributed by atoms with van der Waals surface area (Å²) in [6, 6.07) is 12.1. The molecule has 22 heavy (non-hydrogen) atoms. The second kappa shape index (κ2) is 5.16. The number of hydrogen-bond acceptors (Lipinski definition) is 3. The third-order valence-electron chi connectivity index (χ3n) is 4.77. The number of amides is 1. The molecule has 5 heteroatoms. The summed E-state index contributed by atoms with van der Waals surface area (Å²) in [5.74, 6) is 0.631. The van der Waals surface area contributed by atoms with Gasteiger partial charge in [0.15, 0.2) is 0 Å². The van der Waals surface area contributed by atoms with Gasteiger partial charge in [0.2, 0.25) is 5.88 Å². The second-order valence-electron chi connectivity index (χ2n) is 6.13. The fraction of sp³-hybridized carbons (Fsp3) is 0.412. The number of benzene rings is 1. The molecule has 1 aromatic carbocycles. The third-order valence-corrected chi connectivity index (χ3v) is 4.77. The van der Waals surface area contributed by atoms with E-state index in [1.54, 1.807) is 4.90 Å². The first-order chi connectivity index (χ1) is 10.7. The maximum Gasteiger partial charge on any atom is 0.407 e. The molecule has 114 valence electrons. The molecule has 0 aliphatic carbocycles. The number of fused-ring (bicyclic) bond motifs is 3. The van der Waals surface area contributed by atoms with Gasteiger partial charge in [0.05, 0.1) is 5.52 Å². The molecule has 2 bridgehead atoms. The van der Waals surface area contributed by atoms with Crippen LogP contribution in [0, 0.1) is 0 Å². The molecule has 4 rings (SSSR count). The Balaban J connectivity index is 1.51. The average molecular weight is 298 g/mol. The number of carboxylic acid groups (broad SMARTS) is 1. The first kappa shape index (κ1) is 13.4. The highest BCUT2D eigenvalue weighted by Gasteiger charge is 2.44. The Morgan fingerprint density at radius 1 is 1.14 bits per heavy atom. The van der Waals surface area contributed by atoms with E-state index in [-0.39, 0.29) is 18.2 Å². The Labute approximate surface area is 128 Å². The number of aromatic nitrogens is 1. The number of ether oxygens (including phenoxy) is 1. The van der Waals surface area contributed by atoms with Crippen LogP contribution in [0.1, 0.15) is 25.7 Å². The summed E-state index contributed by atoms with van der Waals surface area (Å²) in [5.41, 5.74) is 0.922. The standard InChI is InChI=1S/C17H18N2O3/c20-17(21)19-12-6-7-13(19)10-14(9-12)22-16-8-5-11-3-1-2-4-15(11)18-16/h1-5,8,12-14H,6-7,9-10H2,(H,20,21)/t12-,13+,14+. The zero-order valence-corrected chi connectivity index (χ0v) is 12.2. The molecule has 1 amide bonds. The van der Waals surface area contributed by atoms with Gasteiger partial charge in [0.1, 0.15) is 6.10 Å². The summed E-state index contributed by atoms with van der Waals surface area (Å²) in [6.07, 6.45) is 2.68. The molecular weight excluding hydrogens is 280 g/mol. The monoisotopic (exact) mass is 298 g/mol. The highest BCUT2D eigenvalue weighted by atomic mass is 16.5.